The van der Waals surface area contributed by atoms with Crippen LogP contribution in [-0.2, 0) is 17.7 Å². The van der Waals surface area contributed by atoms with E-state index >= 15 is 0 Å². The molecule has 51 heavy (non-hydrogen) atoms. The Labute approximate surface area is 293 Å². The van der Waals surface area contributed by atoms with Crippen LogP contribution in [0.15, 0.2) is 119 Å². The van der Waals surface area contributed by atoms with Crippen LogP contribution in [0.3, 0.4) is 0 Å². The first-order chi connectivity index (χ1) is 24.9. The molecule has 0 atom stereocenters. The van der Waals surface area contributed by atoms with Crippen molar-refractivity contribution in [1.29, 1.82) is 0 Å². The monoisotopic (exact) mass is 689 g/mol. The van der Waals surface area contributed by atoms with Crippen LogP contribution in [0.5, 0.6) is 17.2 Å². The predicted molar refractivity (Wildman–Crippen MR) is 191 cm³/mol. The Balaban J connectivity index is 0.825. The number of unbranched alkanes of at least 4 members (excludes halogenated alkanes) is 1. The zero-order valence-corrected chi connectivity index (χ0v) is 27.7. The van der Waals surface area contributed by atoms with Crippen LogP contribution >= 0.6 is 0 Å². The van der Waals surface area contributed by atoms with Crippen molar-refractivity contribution < 1.29 is 32.9 Å². The lowest BCUT2D eigenvalue weighted by molar-refractivity contribution is 0.0923. The van der Waals surface area contributed by atoms with E-state index < -0.39 is 11.6 Å². The van der Waals surface area contributed by atoms with Gasteiger partial charge in [-0.15, -0.1) is 5.10 Å². The average molecular weight is 690 g/mol. The molecule has 0 aliphatic heterocycles. The quantitative estimate of drug-likeness (QED) is 0.0597. The van der Waals surface area contributed by atoms with Gasteiger partial charge in [0.2, 0.25) is 0 Å². The van der Waals surface area contributed by atoms with Crippen molar-refractivity contribution in [1.82, 2.24) is 15.0 Å². The molecule has 0 bridgehead atoms. The predicted octanol–water partition coefficient (Wildman–Crippen LogP) is 7.29. The van der Waals surface area contributed by atoms with E-state index in [0.717, 1.165) is 54.0 Å². The van der Waals surface area contributed by atoms with E-state index in [-0.39, 0.29) is 16.7 Å². The highest BCUT2D eigenvalue weighted by molar-refractivity contribution is 6.08. The molecule has 0 aliphatic carbocycles. The van der Waals surface area contributed by atoms with Crippen LogP contribution in [0, 0.1) is 5.82 Å². The van der Waals surface area contributed by atoms with E-state index in [2.05, 4.69) is 10.3 Å². The van der Waals surface area contributed by atoms with Gasteiger partial charge in [0.25, 0.3) is 0 Å². The van der Waals surface area contributed by atoms with E-state index in [4.69, 9.17) is 18.6 Å². The van der Waals surface area contributed by atoms with Crippen molar-refractivity contribution in [3.8, 4) is 28.6 Å². The van der Waals surface area contributed by atoms with Gasteiger partial charge in [0.1, 0.15) is 41.0 Å². The number of ketones is 1. The number of hydrogen-bond acceptors (Lipinski definition) is 9. The highest BCUT2D eigenvalue weighted by Gasteiger charge is 2.10. The molecule has 260 valence electrons. The molecule has 0 fully saturated rings. The summed E-state index contributed by atoms with van der Waals surface area (Å²) in [4.78, 5) is 24.7. The maximum atomic E-state index is 13.2. The molecular formula is C40H36FN3O7. The zero-order valence-electron chi connectivity index (χ0n) is 27.7. The highest BCUT2D eigenvalue weighted by Crippen LogP contribution is 2.25. The maximum Gasteiger partial charge on any atom is 0.193 e. The van der Waals surface area contributed by atoms with Crippen LogP contribution < -0.4 is 14.9 Å². The Morgan fingerprint density at radius 1 is 0.863 bits per heavy atom. The van der Waals surface area contributed by atoms with Crippen molar-refractivity contribution in [3.05, 3.63) is 142 Å². The molecule has 0 amide bonds. The number of carbonyl (C=O) groups excluding carboxylic acids is 1. The molecule has 0 saturated heterocycles. The van der Waals surface area contributed by atoms with Gasteiger partial charge in [-0.1, -0.05) is 35.6 Å². The van der Waals surface area contributed by atoms with Crippen molar-refractivity contribution in [2.75, 3.05) is 26.4 Å². The molecule has 2 heterocycles. The number of aromatic nitrogens is 3. The standard InChI is InChI=1S/C40H36FN3O7/c41-30-13-18-34(37(46)25-30)36(45)19-10-28-8-14-32(15-9-28)49-21-4-3-5-31-27-44(43-42-31)20-22-48-23-24-50-33-16-11-29(12-17-33)40-26-38(47)35-6-1-2-7-39(35)51-40/h1-2,6-19,25-27,46H,3-5,20-24H2. The number of nitrogens with zero attached hydrogens (tertiary/aromatic N) is 3. The Bertz CT molecular complexity index is 2160. The number of hydrogen-bond donors (Lipinski definition) is 1. The molecule has 6 rings (SSSR count). The number of para-hydroxylation sites is 1. The minimum Gasteiger partial charge on any atom is -0.507 e. The van der Waals surface area contributed by atoms with Crippen molar-refractivity contribution in [2.45, 2.75) is 25.8 Å². The molecule has 4 aromatic carbocycles. The number of phenols is 1. The van der Waals surface area contributed by atoms with E-state index in [9.17, 15) is 19.1 Å². The maximum absolute atomic E-state index is 13.2. The summed E-state index contributed by atoms with van der Waals surface area (Å²) in [6.45, 7) is 2.42. The highest BCUT2D eigenvalue weighted by atomic mass is 19.1. The smallest absolute Gasteiger partial charge is 0.193 e. The third-order valence-electron chi connectivity index (χ3n) is 7.95. The summed E-state index contributed by atoms with van der Waals surface area (Å²) in [6, 6.07) is 26.7. The molecule has 0 spiro atoms. The first-order valence-corrected chi connectivity index (χ1v) is 16.6. The summed E-state index contributed by atoms with van der Waals surface area (Å²) < 4.78 is 38.2. The number of allylic oxidation sites excluding steroid dienone is 1. The summed E-state index contributed by atoms with van der Waals surface area (Å²) >= 11 is 0. The van der Waals surface area contributed by atoms with E-state index in [1.165, 1.54) is 18.2 Å². The van der Waals surface area contributed by atoms with Gasteiger partial charge in [0, 0.05) is 23.9 Å². The fourth-order valence-corrected chi connectivity index (χ4v) is 5.25. The summed E-state index contributed by atoms with van der Waals surface area (Å²) in [5.41, 5.74) is 3.01. The average Bonchev–Trinajstić information content (AvgIpc) is 3.60. The fraction of sp³-hybridized carbons (Fsp3) is 0.200. The largest absolute Gasteiger partial charge is 0.507 e. The summed E-state index contributed by atoms with van der Waals surface area (Å²) in [5.74, 6) is 0.512. The van der Waals surface area contributed by atoms with Crippen LogP contribution in [0.2, 0.25) is 0 Å². The van der Waals surface area contributed by atoms with Crippen LogP contribution in [-0.4, -0.2) is 52.3 Å². The Kier molecular flexibility index (Phi) is 11.6. The molecule has 0 saturated carbocycles. The number of rotatable bonds is 17. The topological polar surface area (TPSA) is 126 Å². The van der Waals surface area contributed by atoms with Gasteiger partial charge in [-0.05, 0) is 91.6 Å². The lowest BCUT2D eigenvalue weighted by atomic mass is 10.1. The number of aromatic hydroxyl groups is 1. The van der Waals surface area contributed by atoms with Gasteiger partial charge in [-0.3, -0.25) is 9.59 Å². The van der Waals surface area contributed by atoms with Gasteiger partial charge in [0.05, 0.1) is 43.0 Å². The third kappa shape index (κ3) is 9.77. The van der Waals surface area contributed by atoms with Crippen molar-refractivity contribution in [3.63, 3.8) is 0 Å². The van der Waals surface area contributed by atoms with E-state index in [0.29, 0.717) is 55.5 Å². The lowest BCUT2D eigenvalue weighted by Gasteiger charge is -2.08. The van der Waals surface area contributed by atoms with Crippen molar-refractivity contribution >= 4 is 22.8 Å². The second-order valence-electron chi connectivity index (χ2n) is 11.7. The second kappa shape index (κ2) is 17.0. The minimum atomic E-state index is -0.605. The van der Waals surface area contributed by atoms with Crippen LogP contribution in [0.4, 0.5) is 4.39 Å². The van der Waals surface area contributed by atoms with E-state index in [1.807, 2.05) is 66.9 Å². The molecular weight excluding hydrogens is 653 g/mol. The molecule has 0 radical (unpaired) electrons. The number of carbonyl (C=O) groups is 1. The first-order valence-electron chi connectivity index (χ1n) is 16.6. The molecule has 10 nitrogen and oxygen atoms in total. The van der Waals surface area contributed by atoms with E-state index in [1.54, 1.807) is 22.9 Å². The Morgan fingerprint density at radius 3 is 2.43 bits per heavy atom. The molecule has 6 aromatic rings. The van der Waals surface area contributed by atoms with Gasteiger partial charge in [0.15, 0.2) is 11.2 Å². The van der Waals surface area contributed by atoms with Gasteiger partial charge >= 0.3 is 0 Å². The number of ether oxygens (including phenoxy) is 3. The first kappa shape index (κ1) is 34.8. The van der Waals surface area contributed by atoms with Gasteiger partial charge in [-0.2, -0.15) is 0 Å². The molecule has 0 aliphatic rings. The zero-order chi connectivity index (χ0) is 35.4. The molecule has 0 unspecified atom stereocenters. The van der Waals surface area contributed by atoms with Gasteiger partial charge in [-0.25, -0.2) is 9.07 Å². The summed E-state index contributed by atoms with van der Waals surface area (Å²) in [6.07, 6.45) is 7.41. The number of fused-ring (bicyclic) bond motifs is 1. The van der Waals surface area contributed by atoms with Crippen molar-refractivity contribution in [2.24, 2.45) is 0 Å². The number of phenolic OH excluding ortho intramolecular Hbond substituents is 1. The molecule has 2 aromatic heterocycles. The molecule has 1 N–H and O–H groups in total. The number of halogens is 1. The SMILES string of the molecule is O=C(C=Cc1ccc(OCCCCc2cn(CCOCCOc3ccc(-c4cc(=O)c5ccccc5o4)cc3)nn2)cc1)c1ccc(F)cc1O. The van der Waals surface area contributed by atoms with Crippen LogP contribution in [0.25, 0.3) is 28.4 Å². The second-order valence-corrected chi connectivity index (χ2v) is 11.7. The summed E-state index contributed by atoms with van der Waals surface area (Å²) in [7, 11) is 0. The Hall–Kier alpha value is -6.07. The Morgan fingerprint density at radius 2 is 1.63 bits per heavy atom. The molecule has 11 heteroatoms. The number of aryl methyl sites for hydroxylation is 1. The van der Waals surface area contributed by atoms with Crippen LogP contribution in [0.1, 0.15) is 34.5 Å². The number of benzene rings is 4. The fourth-order valence-electron chi connectivity index (χ4n) is 5.25. The summed E-state index contributed by atoms with van der Waals surface area (Å²) in [5, 5.41) is 18.8. The normalized spacial score (nSPS) is 11.3. The lowest BCUT2D eigenvalue weighted by Crippen LogP contribution is -2.11. The minimum absolute atomic E-state index is 0.0412. The third-order valence-corrected chi connectivity index (χ3v) is 7.95. The van der Waals surface area contributed by atoms with Gasteiger partial charge < -0.3 is 23.7 Å².